The van der Waals surface area contributed by atoms with E-state index in [1.165, 1.54) is 31.7 Å². The van der Waals surface area contributed by atoms with Crippen LogP contribution in [0.1, 0.15) is 38.2 Å². The molecule has 3 heteroatoms. The van der Waals surface area contributed by atoms with Gasteiger partial charge in [-0.1, -0.05) is 25.8 Å². The highest BCUT2D eigenvalue weighted by atomic mass is 19.1. The molecule has 2 rings (SSSR count). The largest absolute Gasteiger partial charge is 0.497 e. The number of hydrogen-bond acceptors (Lipinski definition) is 2. The average Bonchev–Trinajstić information content (AvgIpc) is 2.78. The molecule has 0 atom stereocenters. The molecule has 1 aromatic carbocycles. The fraction of sp³-hybridized carbons (Fsp3) is 0.600. The first-order chi connectivity index (χ1) is 8.63. The lowest BCUT2D eigenvalue weighted by molar-refractivity contribution is 0.313. The van der Waals surface area contributed by atoms with Gasteiger partial charge in [-0.05, 0) is 24.3 Å². The van der Waals surface area contributed by atoms with E-state index in [4.69, 9.17) is 4.74 Å². The van der Waals surface area contributed by atoms with Crippen molar-refractivity contribution >= 4 is 0 Å². The van der Waals surface area contributed by atoms with E-state index in [-0.39, 0.29) is 5.82 Å². The SMILES string of the molecule is COc1ccc(CNCC2(C)CCCC2)c(F)c1. The molecular weight excluding hydrogens is 229 g/mol. The molecule has 1 fully saturated rings. The number of methoxy groups -OCH3 is 1. The Labute approximate surface area is 109 Å². The van der Waals surface area contributed by atoms with Crippen LogP contribution < -0.4 is 10.1 Å². The van der Waals surface area contributed by atoms with E-state index in [9.17, 15) is 4.39 Å². The Morgan fingerprint density at radius 2 is 2.06 bits per heavy atom. The van der Waals surface area contributed by atoms with Crippen LogP contribution in [0.4, 0.5) is 4.39 Å². The molecule has 0 aliphatic heterocycles. The highest BCUT2D eigenvalue weighted by molar-refractivity contribution is 5.28. The van der Waals surface area contributed by atoms with Crippen LogP contribution in [-0.2, 0) is 6.54 Å². The van der Waals surface area contributed by atoms with E-state index in [1.807, 2.05) is 0 Å². The summed E-state index contributed by atoms with van der Waals surface area (Å²) < 4.78 is 18.7. The molecule has 0 heterocycles. The van der Waals surface area contributed by atoms with Gasteiger partial charge in [-0.3, -0.25) is 0 Å². The molecular formula is C15H22FNO. The van der Waals surface area contributed by atoms with Gasteiger partial charge in [0, 0.05) is 24.7 Å². The molecule has 0 aromatic heterocycles. The van der Waals surface area contributed by atoms with Gasteiger partial charge in [0.1, 0.15) is 11.6 Å². The van der Waals surface area contributed by atoms with Crippen molar-refractivity contribution in [3.63, 3.8) is 0 Å². The Hall–Kier alpha value is -1.09. The molecule has 0 unspecified atom stereocenters. The second-order valence-corrected chi connectivity index (χ2v) is 5.58. The third-order valence-corrected chi connectivity index (χ3v) is 3.94. The number of rotatable bonds is 5. The van der Waals surface area contributed by atoms with Crippen LogP contribution in [0, 0.1) is 11.2 Å². The van der Waals surface area contributed by atoms with Crippen LogP contribution in [0.15, 0.2) is 18.2 Å². The summed E-state index contributed by atoms with van der Waals surface area (Å²) in [6.45, 7) is 3.88. The summed E-state index contributed by atoms with van der Waals surface area (Å²) >= 11 is 0. The topological polar surface area (TPSA) is 21.3 Å². The third-order valence-electron chi connectivity index (χ3n) is 3.94. The number of halogens is 1. The van der Waals surface area contributed by atoms with Crippen molar-refractivity contribution in [1.29, 1.82) is 0 Å². The second kappa shape index (κ2) is 5.70. The van der Waals surface area contributed by atoms with Crippen molar-refractivity contribution in [1.82, 2.24) is 5.32 Å². The minimum absolute atomic E-state index is 0.196. The van der Waals surface area contributed by atoms with Crippen molar-refractivity contribution < 1.29 is 9.13 Å². The molecule has 1 N–H and O–H groups in total. The highest BCUT2D eigenvalue weighted by Crippen LogP contribution is 2.36. The zero-order valence-corrected chi connectivity index (χ0v) is 11.3. The maximum absolute atomic E-state index is 13.7. The quantitative estimate of drug-likeness (QED) is 0.864. The maximum Gasteiger partial charge on any atom is 0.131 e. The average molecular weight is 251 g/mol. The van der Waals surface area contributed by atoms with Crippen LogP contribution in [0.5, 0.6) is 5.75 Å². The highest BCUT2D eigenvalue weighted by Gasteiger charge is 2.27. The van der Waals surface area contributed by atoms with Crippen molar-refractivity contribution in [3.05, 3.63) is 29.6 Å². The molecule has 0 amide bonds. The van der Waals surface area contributed by atoms with Crippen molar-refractivity contribution in [2.45, 2.75) is 39.2 Å². The van der Waals surface area contributed by atoms with Crippen LogP contribution in [-0.4, -0.2) is 13.7 Å². The predicted molar refractivity (Wildman–Crippen MR) is 71.2 cm³/mol. The molecule has 0 bridgehead atoms. The fourth-order valence-corrected chi connectivity index (χ4v) is 2.70. The van der Waals surface area contributed by atoms with Gasteiger partial charge in [0.25, 0.3) is 0 Å². The van der Waals surface area contributed by atoms with Gasteiger partial charge < -0.3 is 10.1 Å². The summed E-state index contributed by atoms with van der Waals surface area (Å²) in [5.74, 6) is 0.373. The van der Waals surface area contributed by atoms with Crippen molar-refractivity contribution in [3.8, 4) is 5.75 Å². The van der Waals surface area contributed by atoms with Crippen molar-refractivity contribution in [2.24, 2.45) is 5.41 Å². The molecule has 1 aliphatic carbocycles. The number of ether oxygens (including phenoxy) is 1. The van der Waals surface area contributed by atoms with Crippen LogP contribution in [0.25, 0.3) is 0 Å². The molecule has 100 valence electrons. The Morgan fingerprint density at radius 1 is 1.33 bits per heavy atom. The number of hydrogen-bond donors (Lipinski definition) is 1. The molecule has 2 nitrogen and oxygen atoms in total. The Morgan fingerprint density at radius 3 is 2.67 bits per heavy atom. The third kappa shape index (κ3) is 3.22. The minimum atomic E-state index is -0.196. The number of nitrogens with one attached hydrogen (secondary N) is 1. The van der Waals surface area contributed by atoms with E-state index in [1.54, 1.807) is 19.2 Å². The van der Waals surface area contributed by atoms with Crippen LogP contribution >= 0.6 is 0 Å². The molecule has 1 saturated carbocycles. The summed E-state index contributed by atoms with van der Waals surface area (Å²) in [5.41, 5.74) is 1.11. The summed E-state index contributed by atoms with van der Waals surface area (Å²) in [6, 6.07) is 5.03. The summed E-state index contributed by atoms with van der Waals surface area (Å²) in [4.78, 5) is 0. The molecule has 0 spiro atoms. The zero-order valence-electron chi connectivity index (χ0n) is 11.3. The molecule has 1 aromatic rings. The van der Waals surface area contributed by atoms with Gasteiger partial charge >= 0.3 is 0 Å². The van der Waals surface area contributed by atoms with Gasteiger partial charge in [-0.2, -0.15) is 0 Å². The fourth-order valence-electron chi connectivity index (χ4n) is 2.70. The lowest BCUT2D eigenvalue weighted by Crippen LogP contribution is -2.29. The molecule has 0 saturated heterocycles. The number of benzene rings is 1. The lowest BCUT2D eigenvalue weighted by atomic mass is 9.89. The van der Waals surface area contributed by atoms with E-state index in [0.29, 0.717) is 23.3 Å². The first kappa shape index (κ1) is 13.3. The van der Waals surface area contributed by atoms with Gasteiger partial charge in [0.2, 0.25) is 0 Å². The normalized spacial score (nSPS) is 17.9. The van der Waals surface area contributed by atoms with Crippen molar-refractivity contribution in [2.75, 3.05) is 13.7 Å². The minimum Gasteiger partial charge on any atom is -0.497 e. The first-order valence-electron chi connectivity index (χ1n) is 6.66. The van der Waals surface area contributed by atoms with Gasteiger partial charge in [0.05, 0.1) is 7.11 Å². The Balaban J connectivity index is 1.86. The molecule has 18 heavy (non-hydrogen) atoms. The van der Waals surface area contributed by atoms with E-state index < -0.39 is 0 Å². The first-order valence-corrected chi connectivity index (χ1v) is 6.66. The van der Waals surface area contributed by atoms with Gasteiger partial charge in [0.15, 0.2) is 0 Å². The monoisotopic (exact) mass is 251 g/mol. The van der Waals surface area contributed by atoms with E-state index in [0.717, 1.165) is 6.54 Å². The Kier molecular flexibility index (Phi) is 4.23. The van der Waals surface area contributed by atoms with Gasteiger partial charge in [-0.25, -0.2) is 4.39 Å². The predicted octanol–water partition coefficient (Wildman–Crippen LogP) is 3.50. The summed E-state index contributed by atoms with van der Waals surface area (Å²) in [7, 11) is 1.55. The van der Waals surface area contributed by atoms with Crippen LogP contribution in [0.2, 0.25) is 0 Å². The second-order valence-electron chi connectivity index (χ2n) is 5.58. The summed E-state index contributed by atoms with van der Waals surface area (Å²) in [6.07, 6.45) is 5.22. The standard InChI is InChI=1S/C15H22FNO/c1-15(7-3-4-8-15)11-17-10-12-5-6-13(18-2)9-14(12)16/h5-6,9,17H,3-4,7-8,10-11H2,1-2H3. The zero-order chi connectivity index (χ0) is 13.0. The summed E-state index contributed by atoms with van der Waals surface area (Å²) in [5, 5.41) is 3.38. The molecule has 1 aliphatic rings. The Bertz CT molecular complexity index is 399. The van der Waals surface area contributed by atoms with Gasteiger partial charge in [-0.15, -0.1) is 0 Å². The van der Waals surface area contributed by atoms with E-state index in [2.05, 4.69) is 12.2 Å². The molecule has 0 radical (unpaired) electrons. The maximum atomic E-state index is 13.7. The smallest absolute Gasteiger partial charge is 0.131 e. The lowest BCUT2D eigenvalue weighted by Gasteiger charge is -2.23. The van der Waals surface area contributed by atoms with Crippen LogP contribution in [0.3, 0.4) is 0 Å². The van der Waals surface area contributed by atoms with E-state index >= 15 is 0 Å².